The summed E-state index contributed by atoms with van der Waals surface area (Å²) < 4.78 is 4.70. The molecule has 1 aromatic heterocycles. The van der Waals surface area contributed by atoms with Gasteiger partial charge in [-0.3, -0.25) is 0 Å². The van der Waals surface area contributed by atoms with Crippen molar-refractivity contribution < 1.29 is 4.52 Å². The molecular formula is C11H19N3OS. The van der Waals surface area contributed by atoms with Crippen LogP contribution < -0.4 is 5.32 Å². The van der Waals surface area contributed by atoms with E-state index in [0.29, 0.717) is 11.5 Å². The first-order valence-electron chi connectivity index (χ1n) is 5.72. The third kappa shape index (κ3) is 3.49. The van der Waals surface area contributed by atoms with E-state index in [1.165, 1.54) is 24.3 Å². The van der Waals surface area contributed by atoms with Crippen LogP contribution in [0.3, 0.4) is 0 Å². The summed E-state index contributed by atoms with van der Waals surface area (Å²) in [7, 11) is 0. The molecule has 0 saturated carbocycles. The van der Waals surface area contributed by atoms with E-state index in [2.05, 4.69) is 29.3 Å². The lowest BCUT2D eigenvalue weighted by Gasteiger charge is -2.35. The molecule has 5 heteroatoms. The lowest BCUT2D eigenvalue weighted by atomic mass is 9.88. The Morgan fingerprint density at radius 1 is 1.62 bits per heavy atom. The predicted octanol–water partition coefficient (Wildman–Crippen LogP) is 1.73. The Hall–Kier alpha value is -0.550. The summed E-state index contributed by atoms with van der Waals surface area (Å²) >= 11 is 2.05. The lowest BCUT2D eigenvalue weighted by Crippen LogP contribution is -2.41. The molecule has 4 nitrogen and oxygen atoms in total. The molecule has 0 bridgehead atoms. The van der Waals surface area contributed by atoms with Crippen LogP contribution in [0.1, 0.15) is 26.1 Å². The van der Waals surface area contributed by atoms with Crippen molar-refractivity contribution in [2.75, 3.05) is 18.1 Å². The van der Waals surface area contributed by atoms with Crippen LogP contribution in [0.15, 0.2) is 10.9 Å². The van der Waals surface area contributed by atoms with Gasteiger partial charge in [0, 0.05) is 24.8 Å². The Kier molecular flexibility index (Phi) is 3.86. The molecule has 1 aliphatic rings. The minimum Gasteiger partial charge on any atom is -0.343 e. The van der Waals surface area contributed by atoms with Crippen molar-refractivity contribution in [1.82, 2.24) is 15.5 Å². The molecule has 1 aliphatic heterocycles. The van der Waals surface area contributed by atoms with Crippen LogP contribution in [0.5, 0.6) is 0 Å². The molecule has 0 amide bonds. The second kappa shape index (κ2) is 5.19. The van der Waals surface area contributed by atoms with E-state index in [1.54, 1.807) is 0 Å². The molecule has 1 aromatic rings. The molecule has 16 heavy (non-hydrogen) atoms. The third-order valence-electron chi connectivity index (χ3n) is 2.80. The van der Waals surface area contributed by atoms with Crippen LogP contribution in [0.4, 0.5) is 0 Å². The molecule has 2 heterocycles. The fourth-order valence-electron chi connectivity index (χ4n) is 2.08. The summed E-state index contributed by atoms with van der Waals surface area (Å²) in [6, 6.07) is 0.626. The molecule has 0 aliphatic carbocycles. The topological polar surface area (TPSA) is 51.0 Å². The monoisotopic (exact) mass is 241 g/mol. The highest BCUT2D eigenvalue weighted by atomic mass is 32.2. The van der Waals surface area contributed by atoms with Gasteiger partial charge in [0.1, 0.15) is 0 Å². The fourth-order valence-corrected chi connectivity index (χ4v) is 3.39. The molecule has 0 radical (unpaired) electrons. The van der Waals surface area contributed by atoms with Crippen molar-refractivity contribution >= 4 is 11.8 Å². The first-order valence-corrected chi connectivity index (χ1v) is 6.88. The fraction of sp³-hybridized carbons (Fsp3) is 0.818. The number of nitrogens with one attached hydrogen (secondary N) is 1. The van der Waals surface area contributed by atoms with Crippen LogP contribution in [-0.4, -0.2) is 34.2 Å². The SMILES string of the molecule is CC1(C)CSCC(NCCc2ncon2)C1. The van der Waals surface area contributed by atoms with Crippen molar-refractivity contribution in [2.24, 2.45) is 5.41 Å². The smallest absolute Gasteiger partial charge is 0.213 e. The number of thioether (sulfide) groups is 1. The first-order chi connectivity index (χ1) is 7.66. The van der Waals surface area contributed by atoms with Gasteiger partial charge in [0.2, 0.25) is 6.39 Å². The van der Waals surface area contributed by atoms with E-state index in [4.69, 9.17) is 4.52 Å². The van der Waals surface area contributed by atoms with Gasteiger partial charge in [-0.15, -0.1) is 0 Å². The van der Waals surface area contributed by atoms with E-state index >= 15 is 0 Å². The van der Waals surface area contributed by atoms with Gasteiger partial charge in [0.05, 0.1) is 0 Å². The van der Waals surface area contributed by atoms with E-state index in [9.17, 15) is 0 Å². The molecule has 2 rings (SSSR count). The zero-order valence-electron chi connectivity index (χ0n) is 9.90. The molecule has 90 valence electrons. The quantitative estimate of drug-likeness (QED) is 0.870. The number of aromatic nitrogens is 2. The maximum absolute atomic E-state index is 4.70. The predicted molar refractivity (Wildman–Crippen MR) is 65.5 cm³/mol. The molecule has 1 N–H and O–H groups in total. The van der Waals surface area contributed by atoms with E-state index in [1.807, 2.05) is 11.8 Å². The Morgan fingerprint density at radius 2 is 2.50 bits per heavy atom. The molecule has 1 saturated heterocycles. The summed E-state index contributed by atoms with van der Waals surface area (Å²) in [6.45, 7) is 5.61. The Bertz CT molecular complexity index is 313. The minimum absolute atomic E-state index is 0.465. The molecule has 1 fully saturated rings. The van der Waals surface area contributed by atoms with Gasteiger partial charge in [0.15, 0.2) is 5.82 Å². The Morgan fingerprint density at radius 3 is 3.19 bits per heavy atom. The molecule has 0 aromatic carbocycles. The average Bonchev–Trinajstić information content (AvgIpc) is 2.69. The summed E-state index contributed by atoms with van der Waals surface area (Å²) in [5.41, 5.74) is 0.465. The van der Waals surface area contributed by atoms with Gasteiger partial charge in [-0.1, -0.05) is 19.0 Å². The molecule has 1 unspecified atom stereocenters. The first kappa shape index (κ1) is 11.9. The van der Waals surface area contributed by atoms with Crippen molar-refractivity contribution in [3.05, 3.63) is 12.2 Å². The second-order valence-electron chi connectivity index (χ2n) is 5.13. The van der Waals surface area contributed by atoms with Gasteiger partial charge < -0.3 is 9.84 Å². The molecular weight excluding hydrogens is 222 g/mol. The highest BCUT2D eigenvalue weighted by Gasteiger charge is 2.27. The Labute approximate surface area is 101 Å². The summed E-state index contributed by atoms with van der Waals surface area (Å²) in [5, 5.41) is 7.37. The van der Waals surface area contributed by atoms with E-state index in [0.717, 1.165) is 18.8 Å². The van der Waals surface area contributed by atoms with Gasteiger partial charge in [-0.25, -0.2) is 0 Å². The van der Waals surface area contributed by atoms with E-state index in [-0.39, 0.29) is 0 Å². The summed E-state index contributed by atoms with van der Waals surface area (Å²) in [4.78, 5) is 4.00. The van der Waals surface area contributed by atoms with Crippen LogP contribution in [0, 0.1) is 5.41 Å². The zero-order valence-corrected chi connectivity index (χ0v) is 10.7. The standard InChI is InChI=1S/C11H19N3OS/c1-11(2)5-9(6-16-7-11)12-4-3-10-13-8-15-14-10/h8-9,12H,3-7H2,1-2H3. The van der Waals surface area contributed by atoms with Crippen molar-refractivity contribution in [3.63, 3.8) is 0 Å². The number of nitrogens with zero attached hydrogens (tertiary/aromatic N) is 2. The highest BCUT2D eigenvalue weighted by Crippen LogP contribution is 2.33. The van der Waals surface area contributed by atoms with Gasteiger partial charge >= 0.3 is 0 Å². The Balaban J connectivity index is 1.70. The molecule has 1 atom stereocenters. The number of rotatable bonds is 4. The van der Waals surface area contributed by atoms with Crippen LogP contribution in [0.25, 0.3) is 0 Å². The van der Waals surface area contributed by atoms with Crippen LogP contribution in [-0.2, 0) is 6.42 Å². The third-order valence-corrected chi connectivity index (χ3v) is 4.42. The van der Waals surface area contributed by atoms with Crippen LogP contribution in [0.2, 0.25) is 0 Å². The number of hydrogen-bond donors (Lipinski definition) is 1. The van der Waals surface area contributed by atoms with Gasteiger partial charge in [-0.2, -0.15) is 16.7 Å². The lowest BCUT2D eigenvalue weighted by molar-refractivity contribution is 0.318. The van der Waals surface area contributed by atoms with Crippen LogP contribution >= 0.6 is 11.8 Å². The summed E-state index contributed by atoms with van der Waals surface area (Å²) in [6.07, 6.45) is 3.49. The maximum Gasteiger partial charge on any atom is 0.213 e. The van der Waals surface area contributed by atoms with Crippen molar-refractivity contribution in [1.29, 1.82) is 0 Å². The maximum atomic E-state index is 4.70. The normalized spacial score (nSPS) is 24.5. The van der Waals surface area contributed by atoms with Gasteiger partial charge in [0.25, 0.3) is 0 Å². The average molecular weight is 241 g/mol. The molecule has 0 spiro atoms. The van der Waals surface area contributed by atoms with Gasteiger partial charge in [-0.05, 0) is 17.6 Å². The number of hydrogen-bond acceptors (Lipinski definition) is 5. The largest absolute Gasteiger partial charge is 0.343 e. The summed E-state index contributed by atoms with van der Waals surface area (Å²) in [5.74, 6) is 3.28. The van der Waals surface area contributed by atoms with Crippen molar-refractivity contribution in [2.45, 2.75) is 32.7 Å². The second-order valence-corrected chi connectivity index (χ2v) is 6.16. The van der Waals surface area contributed by atoms with Crippen molar-refractivity contribution in [3.8, 4) is 0 Å². The zero-order chi connectivity index (χ0) is 11.4. The highest BCUT2D eigenvalue weighted by molar-refractivity contribution is 7.99. The minimum atomic E-state index is 0.465. The van der Waals surface area contributed by atoms with E-state index < -0.39 is 0 Å².